The number of carboxylic acids is 1. The Hall–Kier alpha value is -1.55. The summed E-state index contributed by atoms with van der Waals surface area (Å²) in [4.78, 5) is 10.8. The van der Waals surface area contributed by atoms with E-state index >= 15 is 0 Å². The van der Waals surface area contributed by atoms with Gasteiger partial charge in [-0.05, 0) is 30.5 Å². The number of aliphatic carboxylic acids is 1. The van der Waals surface area contributed by atoms with Gasteiger partial charge in [0.25, 0.3) is 0 Å². The highest BCUT2D eigenvalue weighted by atomic mass is 16.5. The maximum atomic E-state index is 10.8. The molecule has 1 fully saturated rings. The second kappa shape index (κ2) is 4.53. The Balaban J connectivity index is 2.05. The lowest BCUT2D eigenvalue weighted by Gasteiger charge is -2.12. The van der Waals surface area contributed by atoms with Crippen LogP contribution in [0.4, 0.5) is 0 Å². The SMILES string of the molecule is COc1ccc([C@H]2CC[C@H](C(=O)O)N2)cc1. The van der Waals surface area contributed by atoms with E-state index < -0.39 is 12.0 Å². The molecule has 0 aromatic heterocycles. The van der Waals surface area contributed by atoms with Crippen LogP contribution in [0.5, 0.6) is 5.75 Å². The zero-order valence-corrected chi connectivity index (χ0v) is 9.14. The second-order valence-electron chi connectivity index (χ2n) is 3.96. The fourth-order valence-electron chi connectivity index (χ4n) is 2.04. The van der Waals surface area contributed by atoms with Crippen LogP contribution < -0.4 is 10.1 Å². The largest absolute Gasteiger partial charge is 0.497 e. The molecule has 1 aliphatic heterocycles. The van der Waals surface area contributed by atoms with Gasteiger partial charge in [0.1, 0.15) is 11.8 Å². The Morgan fingerprint density at radius 1 is 1.38 bits per heavy atom. The lowest BCUT2D eigenvalue weighted by atomic mass is 10.1. The minimum absolute atomic E-state index is 0.145. The predicted octanol–water partition coefficient (Wildman–Crippen LogP) is 1.57. The number of benzene rings is 1. The first-order valence-electron chi connectivity index (χ1n) is 5.33. The first-order valence-corrected chi connectivity index (χ1v) is 5.33. The lowest BCUT2D eigenvalue weighted by Crippen LogP contribution is -2.31. The van der Waals surface area contributed by atoms with Crippen LogP contribution >= 0.6 is 0 Å². The Morgan fingerprint density at radius 2 is 2.06 bits per heavy atom. The van der Waals surface area contributed by atoms with Gasteiger partial charge >= 0.3 is 5.97 Å². The maximum absolute atomic E-state index is 10.8. The van der Waals surface area contributed by atoms with Crippen molar-refractivity contribution < 1.29 is 14.6 Å². The molecule has 1 saturated heterocycles. The van der Waals surface area contributed by atoms with E-state index in [4.69, 9.17) is 9.84 Å². The second-order valence-corrected chi connectivity index (χ2v) is 3.96. The Morgan fingerprint density at radius 3 is 2.56 bits per heavy atom. The third-order valence-electron chi connectivity index (χ3n) is 2.96. The molecule has 1 heterocycles. The predicted molar refractivity (Wildman–Crippen MR) is 59.5 cm³/mol. The van der Waals surface area contributed by atoms with E-state index in [-0.39, 0.29) is 6.04 Å². The van der Waals surface area contributed by atoms with Crippen molar-refractivity contribution >= 4 is 5.97 Å². The van der Waals surface area contributed by atoms with Gasteiger partial charge in [-0.1, -0.05) is 12.1 Å². The fraction of sp³-hybridized carbons (Fsp3) is 0.417. The quantitative estimate of drug-likeness (QED) is 0.813. The molecular formula is C12H15NO3. The molecule has 0 saturated carbocycles. The van der Waals surface area contributed by atoms with E-state index in [0.29, 0.717) is 6.42 Å². The molecule has 1 aromatic rings. The van der Waals surface area contributed by atoms with E-state index in [0.717, 1.165) is 17.7 Å². The van der Waals surface area contributed by atoms with Crippen LogP contribution in [0.25, 0.3) is 0 Å². The first-order chi connectivity index (χ1) is 7.70. The molecule has 1 aromatic carbocycles. The lowest BCUT2D eigenvalue weighted by molar-refractivity contribution is -0.139. The molecule has 0 spiro atoms. The monoisotopic (exact) mass is 221 g/mol. The summed E-state index contributed by atoms with van der Waals surface area (Å²) in [6.07, 6.45) is 1.55. The van der Waals surface area contributed by atoms with E-state index in [1.54, 1.807) is 7.11 Å². The number of carboxylic acid groups (broad SMARTS) is 1. The third-order valence-corrected chi connectivity index (χ3v) is 2.96. The molecule has 86 valence electrons. The van der Waals surface area contributed by atoms with Gasteiger partial charge in [-0.25, -0.2) is 0 Å². The average Bonchev–Trinajstić information content (AvgIpc) is 2.78. The molecule has 0 aliphatic carbocycles. The van der Waals surface area contributed by atoms with Crippen molar-refractivity contribution in [3.63, 3.8) is 0 Å². The molecule has 0 amide bonds. The van der Waals surface area contributed by atoms with E-state index in [9.17, 15) is 4.79 Å². The molecular weight excluding hydrogens is 206 g/mol. The van der Waals surface area contributed by atoms with E-state index in [1.807, 2.05) is 24.3 Å². The molecule has 4 nitrogen and oxygen atoms in total. The number of ether oxygens (including phenoxy) is 1. The van der Waals surface area contributed by atoms with Gasteiger partial charge in [-0.15, -0.1) is 0 Å². The van der Waals surface area contributed by atoms with Gasteiger partial charge in [-0.3, -0.25) is 10.1 Å². The summed E-state index contributed by atoms with van der Waals surface area (Å²) in [5, 5.41) is 12.0. The molecule has 1 aliphatic rings. The Bertz CT molecular complexity index is 374. The molecule has 4 heteroatoms. The fourth-order valence-corrected chi connectivity index (χ4v) is 2.04. The molecule has 0 unspecified atom stereocenters. The van der Waals surface area contributed by atoms with Crippen LogP contribution in [-0.2, 0) is 4.79 Å². The van der Waals surface area contributed by atoms with Crippen molar-refractivity contribution in [2.75, 3.05) is 7.11 Å². The maximum Gasteiger partial charge on any atom is 0.320 e. The number of rotatable bonds is 3. The molecule has 2 rings (SSSR count). The van der Waals surface area contributed by atoms with Crippen LogP contribution in [0, 0.1) is 0 Å². The topological polar surface area (TPSA) is 58.6 Å². The summed E-state index contributed by atoms with van der Waals surface area (Å²) in [7, 11) is 1.63. The normalized spacial score (nSPS) is 24.3. The van der Waals surface area contributed by atoms with Crippen molar-refractivity contribution in [2.45, 2.75) is 24.9 Å². The summed E-state index contributed by atoms with van der Waals surface area (Å²) in [5.74, 6) is 0.0487. The van der Waals surface area contributed by atoms with Gasteiger partial charge in [0.15, 0.2) is 0 Å². The van der Waals surface area contributed by atoms with Crippen LogP contribution in [0.2, 0.25) is 0 Å². The minimum Gasteiger partial charge on any atom is -0.497 e. The van der Waals surface area contributed by atoms with Crippen LogP contribution in [0.15, 0.2) is 24.3 Å². The van der Waals surface area contributed by atoms with E-state index in [2.05, 4.69) is 5.32 Å². The van der Waals surface area contributed by atoms with Crippen molar-refractivity contribution in [3.05, 3.63) is 29.8 Å². The van der Waals surface area contributed by atoms with Crippen LogP contribution in [-0.4, -0.2) is 24.2 Å². The average molecular weight is 221 g/mol. The van der Waals surface area contributed by atoms with Gasteiger partial charge in [0.05, 0.1) is 7.11 Å². The highest BCUT2D eigenvalue weighted by Crippen LogP contribution is 2.27. The van der Waals surface area contributed by atoms with E-state index in [1.165, 1.54) is 0 Å². The van der Waals surface area contributed by atoms with Crippen LogP contribution in [0.1, 0.15) is 24.4 Å². The zero-order chi connectivity index (χ0) is 11.5. The third kappa shape index (κ3) is 2.17. The highest BCUT2D eigenvalue weighted by molar-refractivity contribution is 5.73. The van der Waals surface area contributed by atoms with Crippen LogP contribution in [0.3, 0.4) is 0 Å². The zero-order valence-electron chi connectivity index (χ0n) is 9.14. The Kier molecular flexibility index (Phi) is 3.10. The number of carbonyl (C=O) groups is 1. The standard InChI is InChI=1S/C12H15NO3/c1-16-9-4-2-8(3-5-9)10-6-7-11(13-10)12(14)15/h2-5,10-11,13H,6-7H2,1H3,(H,14,15)/t10-,11-/m1/s1. The summed E-state index contributed by atoms with van der Waals surface area (Å²) in [5.41, 5.74) is 1.12. The van der Waals surface area contributed by atoms with Gasteiger partial charge in [0.2, 0.25) is 0 Å². The van der Waals surface area contributed by atoms with Crippen molar-refractivity contribution in [1.29, 1.82) is 0 Å². The molecule has 0 radical (unpaired) electrons. The first kappa shape index (κ1) is 11.0. The number of methoxy groups -OCH3 is 1. The van der Waals surface area contributed by atoms with Crippen molar-refractivity contribution in [3.8, 4) is 5.75 Å². The van der Waals surface area contributed by atoms with Crippen molar-refractivity contribution in [1.82, 2.24) is 5.32 Å². The summed E-state index contributed by atoms with van der Waals surface area (Å²) >= 11 is 0. The number of hydrogen-bond acceptors (Lipinski definition) is 3. The summed E-state index contributed by atoms with van der Waals surface area (Å²) in [6.45, 7) is 0. The van der Waals surface area contributed by atoms with Gasteiger partial charge in [-0.2, -0.15) is 0 Å². The molecule has 2 atom stereocenters. The number of nitrogens with one attached hydrogen (secondary N) is 1. The van der Waals surface area contributed by atoms with Gasteiger partial charge < -0.3 is 9.84 Å². The minimum atomic E-state index is -0.768. The highest BCUT2D eigenvalue weighted by Gasteiger charge is 2.29. The number of hydrogen-bond donors (Lipinski definition) is 2. The summed E-state index contributed by atoms with van der Waals surface area (Å²) < 4.78 is 5.08. The smallest absolute Gasteiger partial charge is 0.320 e. The summed E-state index contributed by atoms with van der Waals surface area (Å²) in [6, 6.07) is 7.47. The molecule has 0 bridgehead atoms. The molecule has 16 heavy (non-hydrogen) atoms. The van der Waals surface area contributed by atoms with Gasteiger partial charge in [0, 0.05) is 6.04 Å². The van der Waals surface area contributed by atoms with Crippen molar-refractivity contribution in [2.24, 2.45) is 0 Å². The Labute approximate surface area is 94.2 Å². The molecule has 2 N–H and O–H groups in total.